The fraction of sp³-hybridized carbons (Fsp3) is 0.294. The van der Waals surface area contributed by atoms with Crippen molar-refractivity contribution in [3.8, 4) is 0 Å². The Labute approximate surface area is 154 Å². The van der Waals surface area contributed by atoms with E-state index in [1.807, 2.05) is 38.1 Å². The molecule has 3 rings (SSSR count). The highest BCUT2D eigenvalue weighted by Crippen LogP contribution is 2.16. The van der Waals surface area contributed by atoms with E-state index in [0.29, 0.717) is 23.2 Å². The molecule has 0 spiro atoms. The van der Waals surface area contributed by atoms with Crippen molar-refractivity contribution in [2.45, 2.75) is 23.9 Å². The third-order valence-corrected chi connectivity index (χ3v) is 5.22. The maximum absolute atomic E-state index is 11.9. The molecule has 0 aliphatic carbocycles. The molecule has 0 atom stereocenters. The Balaban J connectivity index is 1.44. The van der Waals surface area contributed by atoms with Crippen molar-refractivity contribution in [1.82, 2.24) is 24.9 Å². The van der Waals surface area contributed by atoms with Gasteiger partial charge in [0.25, 0.3) is 5.78 Å². The summed E-state index contributed by atoms with van der Waals surface area (Å²) in [6, 6.07) is 12.1. The zero-order valence-corrected chi connectivity index (χ0v) is 15.7. The Morgan fingerprint density at radius 3 is 2.76 bits per heavy atom. The summed E-state index contributed by atoms with van der Waals surface area (Å²) in [5.74, 6) is 1.69. The monoisotopic (exact) mass is 373 g/mol. The topological polar surface area (TPSA) is 72.2 Å². The first-order valence-electron chi connectivity index (χ1n) is 7.90. The lowest BCUT2D eigenvalue weighted by Crippen LogP contribution is -2.27. The van der Waals surface area contributed by atoms with E-state index in [1.54, 1.807) is 16.3 Å². The molecule has 2 heterocycles. The zero-order chi connectivity index (χ0) is 17.6. The van der Waals surface area contributed by atoms with Crippen molar-refractivity contribution in [2.75, 3.05) is 18.1 Å². The molecule has 0 radical (unpaired) electrons. The number of thioether (sulfide) groups is 2. The number of hydrogen-bond donors (Lipinski definition) is 1. The lowest BCUT2D eigenvalue weighted by molar-refractivity contribution is -0.118. The second-order valence-electron chi connectivity index (χ2n) is 5.45. The molecule has 3 aromatic rings. The average Bonchev–Trinajstić information content (AvgIpc) is 3.01. The van der Waals surface area contributed by atoms with Crippen LogP contribution in [0.2, 0.25) is 0 Å². The summed E-state index contributed by atoms with van der Waals surface area (Å²) < 4.78 is 1.70. The van der Waals surface area contributed by atoms with Crippen LogP contribution in [0, 0.1) is 13.8 Å². The Morgan fingerprint density at radius 2 is 1.96 bits per heavy atom. The van der Waals surface area contributed by atoms with Crippen LogP contribution in [-0.4, -0.2) is 43.5 Å². The van der Waals surface area contributed by atoms with Crippen molar-refractivity contribution in [2.24, 2.45) is 0 Å². The number of carbonyl (C=O) groups is 1. The molecule has 0 fully saturated rings. The van der Waals surface area contributed by atoms with Gasteiger partial charge in [0.2, 0.25) is 11.1 Å². The summed E-state index contributed by atoms with van der Waals surface area (Å²) in [7, 11) is 0. The first-order valence-corrected chi connectivity index (χ1v) is 9.87. The first-order chi connectivity index (χ1) is 12.1. The van der Waals surface area contributed by atoms with Crippen LogP contribution in [0.5, 0.6) is 0 Å². The van der Waals surface area contributed by atoms with E-state index in [4.69, 9.17) is 0 Å². The number of benzene rings is 1. The smallest absolute Gasteiger partial charge is 0.253 e. The second kappa shape index (κ2) is 8.35. The van der Waals surface area contributed by atoms with Crippen molar-refractivity contribution in [3.63, 3.8) is 0 Å². The molecule has 8 heteroatoms. The number of amides is 1. The van der Waals surface area contributed by atoms with Crippen LogP contribution in [0.15, 0.2) is 46.5 Å². The number of aryl methyl sites for hydroxylation is 2. The normalized spacial score (nSPS) is 11.0. The third-order valence-electron chi connectivity index (χ3n) is 3.37. The van der Waals surface area contributed by atoms with E-state index in [-0.39, 0.29) is 5.91 Å². The minimum absolute atomic E-state index is 0.0154. The highest BCUT2D eigenvalue weighted by Gasteiger charge is 2.10. The Hall–Kier alpha value is -2.06. The number of carbonyl (C=O) groups excluding carboxylic acids is 1. The number of nitrogens with zero attached hydrogens (tertiary/aromatic N) is 4. The van der Waals surface area contributed by atoms with Gasteiger partial charge in [-0.25, -0.2) is 9.50 Å². The van der Waals surface area contributed by atoms with Crippen LogP contribution in [-0.2, 0) is 4.79 Å². The van der Waals surface area contributed by atoms with Gasteiger partial charge in [-0.2, -0.15) is 4.98 Å². The molecule has 0 aliphatic rings. The summed E-state index contributed by atoms with van der Waals surface area (Å²) in [6.45, 7) is 4.52. The molecule has 0 saturated heterocycles. The van der Waals surface area contributed by atoms with Gasteiger partial charge in [0.15, 0.2) is 0 Å². The first kappa shape index (κ1) is 17.8. The van der Waals surface area contributed by atoms with Gasteiger partial charge in [-0.1, -0.05) is 30.0 Å². The molecule has 130 valence electrons. The molecule has 0 saturated carbocycles. The molecule has 1 amide bonds. The number of rotatable bonds is 7. The SMILES string of the molecule is Cc1cc(C)n2nc(SCC(=O)NCCSc3ccccc3)nc2n1. The summed E-state index contributed by atoms with van der Waals surface area (Å²) in [6.07, 6.45) is 0. The number of hydrogen-bond acceptors (Lipinski definition) is 6. The Bertz CT molecular complexity index is 866. The third kappa shape index (κ3) is 4.96. The second-order valence-corrected chi connectivity index (χ2v) is 7.56. The molecule has 25 heavy (non-hydrogen) atoms. The van der Waals surface area contributed by atoms with E-state index in [9.17, 15) is 4.79 Å². The fourth-order valence-corrected chi connectivity index (χ4v) is 3.70. The maximum Gasteiger partial charge on any atom is 0.253 e. The fourth-order valence-electron chi connectivity index (χ4n) is 2.27. The van der Waals surface area contributed by atoms with Gasteiger partial charge in [0.1, 0.15) is 0 Å². The van der Waals surface area contributed by atoms with E-state index in [1.165, 1.54) is 16.7 Å². The van der Waals surface area contributed by atoms with Crippen molar-refractivity contribution in [3.05, 3.63) is 47.8 Å². The predicted octanol–water partition coefficient (Wildman–Crippen LogP) is 2.74. The molecule has 0 bridgehead atoms. The highest BCUT2D eigenvalue weighted by atomic mass is 32.2. The van der Waals surface area contributed by atoms with Crippen molar-refractivity contribution in [1.29, 1.82) is 0 Å². The highest BCUT2D eigenvalue weighted by molar-refractivity contribution is 7.99. The number of nitrogens with one attached hydrogen (secondary N) is 1. The van der Waals surface area contributed by atoms with Crippen LogP contribution in [0.4, 0.5) is 0 Å². The van der Waals surface area contributed by atoms with E-state index in [0.717, 1.165) is 17.1 Å². The van der Waals surface area contributed by atoms with Crippen LogP contribution < -0.4 is 5.32 Å². The zero-order valence-electron chi connectivity index (χ0n) is 14.1. The van der Waals surface area contributed by atoms with Gasteiger partial charge in [0, 0.05) is 28.6 Å². The predicted molar refractivity (Wildman–Crippen MR) is 101 cm³/mol. The quantitative estimate of drug-likeness (QED) is 0.507. The summed E-state index contributed by atoms with van der Waals surface area (Å²) in [5.41, 5.74) is 1.88. The molecule has 6 nitrogen and oxygen atoms in total. The molecule has 2 aromatic heterocycles. The van der Waals surface area contributed by atoms with E-state index >= 15 is 0 Å². The van der Waals surface area contributed by atoms with Gasteiger partial charge in [-0.15, -0.1) is 16.9 Å². The van der Waals surface area contributed by atoms with Crippen LogP contribution in [0.25, 0.3) is 5.78 Å². The average molecular weight is 374 g/mol. The van der Waals surface area contributed by atoms with Gasteiger partial charge in [-0.3, -0.25) is 4.79 Å². The summed E-state index contributed by atoms with van der Waals surface area (Å²) >= 11 is 3.05. The minimum Gasteiger partial charge on any atom is -0.355 e. The molecular formula is C17H19N5OS2. The van der Waals surface area contributed by atoms with Gasteiger partial charge in [0.05, 0.1) is 5.75 Å². The Morgan fingerprint density at radius 1 is 1.16 bits per heavy atom. The Kier molecular flexibility index (Phi) is 5.93. The number of aromatic nitrogens is 4. The molecule has 0 unspecified atom stereocenters. The van der Waals surface area contributed by atoms with Crippen LogP contribution in [0.1, 0.15) is 11.4 Å². The van der Waals surface area contributed by atoms with E-state index < -0.39 is 0 Å². The maximum atomic E-state index is 11.9. The standard InChI is InChI=1S/C17H19N5OS2/c1-12-10-13(2)22-16(19-12)20-17(21-22)25-11-15(23)18-8-9-24-14-6-4-3-5-7-14/h3-7,10H,8-9,11H2,1-2H3,(H,18,23). The lowest BCUT2D eigenvalue weighted by atomic mass is 10.4. The molecule has 0 aliphatic heterocycles. The van der Waals surface area contributed by atoms with Crippen molar-refractivity contribution < 1.29 is 4.79 Å². The van der Waals surface area contributed by atoms with Gasteiger partial charge in [-0.05, 0) is 32.0 Å². The molecular weight excluding hydrogens is 354 g/mol. The van der Waals surface area contributed by atoms with E-state index in [2.05, 4.69) is 32.5 Å². The molecule has 1 N–H and O–H groups in total. The van der Waals surface area contributed by atoms with Gasteiger partial charge >= 0.3 is 0 Å². The minimum atomic E-state index is -0.0154. The summed E-state index contributed by atoms with van der Waals surface area (Å²) in [4.78, 5) is 21.9. The lowest BCUT2D eigenvalue weighted by Gasteiger charge is -2.04. The van der Waals surface area contributed by atoms with Crippen LogP contribution in [0.3, 0.4) is 0 Å². The van der Waals surface area contributed by atoms with Gasteiger partial charge < -0.3 is 5.32 Å². The largest absolute Gasteiger partial charge is 0.355 e. The van der Waals surface area contributed by atoms with Crippen molar-refractivity contribution >= 4 is 35.2 Å². The number of fused-ring (bicyclic) bond motifs is 1. The van der Waals surface area contributed by atoms with Crippen LogP contribution >= 0.6 is 23.5 Å². The summed E-state index contributed by atoms with van der Waals surface area (Å²) in [5, 5.41) is 7.87. The molecule has 1 aromatic carbocycles.